The molecule has 2 rings (SSSR count). The largest absolute Gasteiger partial charge is 0.480 e. The minimum Gasteiger partial charge on any atom is -0.480 e. The maximum absolute atomic E-state index is 12.5. The predicted octanol–water partition coefficient (Wildman–Crippen LogP) is 3.85. The summed E-state index contributed by atoms with van der Waals surface area (Å²) in [6.45, 7) is 0. The van der Waals surface area contributed by atoms with Crippen LogP contribution >= 0.6 is 34.2 Å². The van der Waals surface area contributed by atoms with Crippen molar-refractivity contribution in [3.8, 4) is 0 Å². The number of benzene rings is 1. The molecule has 4 nitrogen and oxygen atoms in total. The van der Waals surface area contributed by atoms with E-state index in [1.165, 1.54) is 0 Å². The Bertz CT molecular complexity index is 554. The standard InChI is InChI=1S/C15H17ClINO3/c16-10-5-6-12(17)11(9-10)13(19)18-15(14(20)21)7-3-1-2-4-8-15/h5-6,9H,1-4,7-8H2,(H,18,19)(H,20,21). The lowest BCUT2D eigenvalue weighted by molar-refractivity contribution is -0.145. The van der Waals surface area contributed by atoms with Crippen LogP contribution in [0.3, 0.4) is 0 Å². The molecule has 1 aromatic rings. The van der Waals surface area contributed by atoms with E-state index in [1.807, 2.05) is 22.6 Å². The molecule has 0 unspecified atom stereocenters. The average molecular weight is 422 g/mol. The van der Waals surface area contributed by atoms with E-state index >= 15 is 0 Å². The molecule has 0 saturated heterocycles. The summed E-state index contributed by atoms with van der Waals surface area (Å²) in [5.74, 6) is -1.32. The molecule has 21 heavy (non-hydrogen) atoms. The summed E-state index contributed by atoms with van der Waals surface area (Å²) in [5, 5.41) is 12.8. The second-order valence-electron chi connectivity index (χ2n) is 5.38. The highest BCUT2D eigenvalue weighted by molar-refractivity contribution is 14.1. The number of rotatable bonds is 3. The summed E-state index contributed by atoms with van der Waals surface area (Å²) in [4.78, 5) is 24.2. The lowest BCUT2D eigenvalue weighted by atomic mass is 9.90. The van der Waals surface area contributed by atoms with Gasteiger partial charge in [-0.15, -0.1) is 0 Å². The number of carboxylic acid groups (broad SMARTS) is 1. The molecule has 1 amide bonds. The molecule has 0 aliphatic heterocycles. The molecule has 0 spiro atoms. The number of carbonyl (C=O) groups is 2. The van der Waals surface area contributed by atoms with E-state index in [0.717, 1.165) is 29.3 Å². The monoisotopic (exact) mass is 421 g/mol. The fraction of sp³-hybridized carbons (Fsp3) is 0.467. The van der Waals surface area contributed by atoms with Crippen LogP contribution in [0.15, 0.2) is 18.2 Å². The van der Waals surface area contributed by atoms with Gasteiger partial charge in [0.15, 0.2) is 0 Å². The fourth-order valence-corrected chi connectivity index (χ4v) is 3.43. The molecular formula is C15H17ClINO3. The van der Waals surface area contributed by atoms with E-state index in [2.05, 4.69) is 5.32 Å². The normalized spacial score (nSPS) is 17.8. The minimum absolute atomic E-state index is 0.369. The molecule has 1 aliphatic rings. The predicted molar refractivity (Wildman–Crippen MR) is 89.7 cm³/mol. The first kappa shape index (κ1) is 16.5. The summed E-state index contributed by atoms with van der Waals surface area (Å²) < 4.78 is 0.753. The van der Waals surface area contributed by atoms with Crippen molar-refractivity contribution in [1.29, 1.82) is 0 Å². The quantitative estimate of drug-likeness (QED) is 0.575. The van der Waals surface area contributed by atoms with Gasteiger partial charge in [-0.05, 0) is 53.6 Å². The van der Waals surface area contributed by atoms with E-state index < -0.39 is 11.5 Å². The molecule has 1 saturated carbocycles. The Labute approximate surface area is 142 Å². The number of halogens is 2. The van der Waals surface area contributed by atoms with Gasteiger partial charge < -0.3 is 10.4 Å². The summed E-state index contributed by atoms with van der Waals surface area (Å²) in [7, 11) is 0. The van der Waals surface area contributed by atoms with Crippen LogP contribution in [0.5, 0.6) is 0 Å². The molecule has 0 bridgehead atoms. The zero-order valence-corrected chi connectivity index (χ0v) is 14.4. The fourth-order valence-electron chi connectivity index (χ4n) is 2.68. The van der Waals surface area contributed by atoms with Gasteiger partial charge in [0.1, 0.15) is 5.54 Å². The van der Waals surface area contributed by atoms with E-state index in [9.17, 15) is 14.7 Å². The molecule has 0 aromatic heterocycles. The summed E-state index contributed by atoms with van der Waals surface area (Å²) >= 11 is 7.98. The van der Waals surface area contributed by atoms with E-state index in [0.29, 0.717) is 23.4 Å². The van der Waals surface area contributed by atoms with Crippen LogP contribution in [-0.4, -0.2) is 22.5 Å². The molecule has 6 heteroatoms. The van der Waals surface area contributed by atoms with Crippen LogP contribution in [0.1, 0.15) is 48.9 Å². The lowest BCUT2D eigenvalue weighted by Crippen LogP contribution is -2.54. The van der Waals surface area contributed by atoms with Crippen molar-refractivity contribution < 1.29 is 14.7 Å². The number of hydrogen-bond acceptors (Lipinski definition) is 2. The van der Waals surface area contributed by atoms with Crippen molar-refractivity contribution in [2.24, 2.45) is 0 Å². The molecule has 0 radical (unpaired) electrons. The van der Waals surface area contributed by atoms with Gasteiger partial charge >= 0.3 is 5.97 Å². The summed E-state index contributed by atoms with van der Waals surface area (Å²) in [6, 6.07) is 5.03. The Hall–Kier alpha value is -0.820. The third kappa shape index (κ3) is 3.88. The van der Waals surface area contributed by atoms with Gasteiger partial charge in [0.25, 0.3) is 5.91 Å². The maximum atomic E-state index is 12.5. The Morgan fingerprint density at radius 3 is 2.38 bits per heavy atom. The van der Waals surface area contributed by atoms with Crippen molar-refractivity contribution in [1.82, 2.24) is 5.32 Å². The van der Waals surface area contributed by atoms with Crippen molar-refractivity contribution in [3.05, 3.63) is 32.4 Å². The second kappa shape index (κ2) is 6.96. The van der Waals surface area contributed by atoms with Gasteiger partial charge in [-0.3, -0.25) is 4.79 Å². The number of hydrogen-bond donors (Lipinski definition) is 2. The molecule has 1 fully saturated rings. The third-order valence-electron chi connectivity index (χ3n) is 3.89. The number of carbonyl (C=O) groups excluding carboxylic acids is 1. The van der Waals surface area contributed by atoms with Crippen LogP contribution < -0.4 is 5.32 Å². The van der Waals surface area contributed by atoms with Gasteiger partial charge in [-0.1, -0.05) is 37.3 Å². The van der Waals surface area contributed by atoms with Gasteiger partial charge in [-0.2, -0.15) is 0 Å². The first-order valence-electron chi connectivity index (χ1n) is 6.95. The zero-order valence-electron chi connectivity index (χ0n) is 11.5. The van der Waals surface area contributed by atoms with Crippen LogP contribution in [0.25, 0.3) is 0 Å². The van der Waals surface area contributed by atoms with Crippen LogP contribution in [0.2, 0.25) is 5.02 Å². The van der Waals surface area contributed by atoms with Crippen molar-refractivity contribution >= 4 is 46.1 Å². The summed E-state index contributed by atoms with van der Waals surface area (Å²) in [6.07, 6.45) is 4.62. The zero-order chi connectivity index (χ0) is 15.5. The first-order chi connectivity index (χ1) is 9.94. The average Bonchev–Trinajstić information content (AvgIpc) is 2.68. The molecular weight excluding hydrogens is 405 g/mol. The Morgan fingerprint density at radius 1 is 1.19 bits per heavy atom. The maximum Gasteiger partial charge on any atom is 0.329 e. The van der Waals surface area contributed by atoms with Gasteiger partial charge in [0, 0.05) is 8.59 Å². The Balaban J connectivity index is 2.26. The molecule has 1 aliphatic carbocycles. The van der Waals surface area contributed by atoms with Crippen LogP contribution in [0.4, 0.5) is 0 Å². The van der Waals surface area contributed by atoms with Crippen LogP contribution in [-0.2, 0) is 4.79 Å². The first-order valence-corrected chi connectivity index (χ1v) is 8.41. The Morgan fingerprint density at radius 2 is 1.81 bits per heavy atom. The highest BCUT2D eigenvalue weighted by Crippen LogP contribution is 2.28. The minimum atomic E-state index is -1.15. The Kier molecular flexibility index (Phi) is 5.48. The van der Waals surface area contributed by atoms with Gasteiger partial charge in [-0.25, -0.2) is 4.79 Å². The lowest BCUT2D eigenvalue weighted by Gasteiger charge is -2.29. The van der Waals surface area contributed by atoms with Crippen molar-refractivity contribution in [2.45, 2.75) is 44.1 Å². The topological polar surface area (TPSA) is 66.4 Å². The highest BCUT2D eigenvalue weighted by atomic mass is 127. The van der Waals surface area contributed by atoms with Gasteiger partial charge in [0.05, 0.1) is 5.56 Å². The van der Waals surface area contributed by atoms with Crippen LogP contribution in [0, 0.1) is 3.57 Å². The summed E-state index contributed by atoms with van der Waals surface area (Å²) in [5.41, 5.74) is -0.730. The number of carboxylic acids is 1. The number of nitrogens with one attached hydrogen (secondary N) is 1. The number of aliphatic carboxylic acids is 1. The molecule has 0 heterocycles. The second-order valence-corrected chi connectivity index (χ2v) is 6.98. The van der Waals surface area contributed by atoms with Crippen molar-refractivity contribution in [2.75, 3.05) is 0 Å². The molecule has 114 valence electrons. The molecule has 0 atom stereocenters. The number of amides is 1. The smallest absolute Gasteiger partial charge is 0.329 e. The SMILES string of the molecule is O=C(NC1(C(=O)O)CCCCCC1)c1cc(Cl)ccc1I. The van der Waals surface area contributed by atoms with Crippen molar-refractivity contribution in [3.63, 3.8) is 0 Å². The van der Waals surface area contributed by atoms with E-state index in [4.69, 9.17) is 11.6 Å². The third-order valence-corrected chi connectivity index (χ3v) is 5.07. The van der Waals surface area contributed by atoms with E-state index in [1.54, 1.807) is 18.2 Å². The molecule has 1 aromatic carbocycles. The highest BCUT2D eigenvalue weighted by Gasteiger charge is 2.40. The van der Waals surface area contributed by atoms with Gasteiger partial charge in [0.2, 0.25) is 0 Å². The molecule has 2 N–H and O–H groups in total. The van der Waals surface area contributed by atoms with E-state index in [-0.39, 0.29) is 5.91 Å².